The summed E-state index contributed by atoms with van der Waals surface area (Å²) in [6.07, 6.45) is 3.20. The first-order valence-corrected chi connectivity index (χ1v) is 5.57. The Bertz CT molecular complexity index is 337. The minimum Gasteiger partial charge on any atom is -0.359 e. The van der Waals surface area contributed by atoms with Gasteiger partial charge in [0.15, 0.2) is 0 Å². The van der Waals surface area contributed by atoms with Crippen molar-refractivity contribution in [1.29, 1.82) is 0 Å². The fraction of sp³-hybridized carbons (Fsp3) is 0.583. The third-order valence-corrected chi connectivity index (χ3v) is 3.22. The van der Waals surface area contributed by atoms with Crippen molar-refractivity contribution in [2.24, 2.45) is 17.6 Å². The second kappa shape index (κ2) is 4.19. The molecule has 0 bridgehead atoms. The fourth-order valence-corrected chi connectivity index (χ4v) is 1.90. The Morgan fingerprint density at radius 3 is 2.93 bits per heavy atom. The molecule has 0 amide bonds. The summed E-state index contributed by atoms with van der Waals surface area (Å²) in [6.45, 7) is 4.01. The van der Waals surface area contributed by atoms with Crippen molar-refractivity contribution in [3.05, 3.63) is 23.9 Å². The van der Waals surface area contributed by atoms with Gasteiger partial charge in [-0.1, -0.05) is 6.92 Å². The molecule has 2 unspecified atom stereocenters. The molecule has 2 rings (SSSR count). The van der Waals surface area contributed by atoms with Crippen molar-refractivity contribution in [1.82, 2.24) is 4.98 Å². The molecule has 0 radical (unpaired) electrons. The molecule has 1 aromatic heterocycles. The topological polar surface area (TPSA) is 42.1 Å². The van der Waals surface area contributed by atoms with Gasteiger partial charge in [-0.25, -0.2) is 4.98 Å². The largest absolute Gasteiger partial charge is 0.359 e. The van der Waals surface area contributed by atoms with Crippen LogP contribution in [0.5, 0.6) is 0 Å². The van der Waals surface area contributed by atoms with Crippen LogP contribution in [-0.4, -0.2) is 18.6 Å². The van der Waals surface area contributed by atoms with E-state index in [4.69, 9.17) is 5.73 Å². The first-order chi connectivity index (χ1) is 7.20. The zero-order valence-electron chi connectivity index (χ0n) is 9.48. The molecular weight excluding hydrogens is 186 g/mol. The van der Waals surface area contributed by atoms with Crippen molar-refractivity contribution < 1.29 is 0 Å². The Labute approximate surface area is 91.3 Å². The van der Waals surface area contributed by atoms with E-state index in [0.29, 0.717) is 6.54 Å². The van der Waals surface area contributed by atoms with E-state index in [1.807, 2.05) is 12.3 Å². The van der Waals surface area contributed by atoms with E-state index >= 15 is 0 Å². The lowest BCUT2D eigenvalue weighted by atomic mass is 10.2. The van der Waals surface area contributed by atoms with Crippen LogP contribution >= 0.6 is 0 Å². The lowest BCUT2D eigenvalue weighted by molar-refractivity contribution is 0.719. The van der Waals surface area contributed by atoms with Gasteiger partial charge >= 0.3 is 0 Å². The van der Waals surface area contributed by atoms with E-state index in [1.165, 1.54) is 6.42 Å². The normalized spacial score (nSPS) is 23.9. The summed E-state index contributed by atoms with van der Waals surface area (Å²) in [5, 5.41) is 0. The maximum absolute atomic E-state index is 5.61. The standard InChI is InChI=1S/C12H19N3/c1-9-5-11(9)8-15(2)12-6-10(7-13)3-4-14-12/h3-4,6,9,11H,5,7-8,13H2,1-2H3. The average molecular weight is 205 g/mol. The van der Waals surface area contributed by atoms with Gasteiger partial charge in [0, 0.05) is 26.3 Å². The third kappa shape index (κ3) is 2.48. The number of aromatic nitrogens is 1. The van der Waals surface area contributed by atoms with Gasteiger partial charge in [-0.3, -0.25) is 0 Å². The van der Waals surface area contributed by atoms with Crippen molar-refractivity contribution in [2.75, 3.05) is 18.5 Å². The summed E-state index contributed by atoms with van der Waals surface area (Å²) in [6, 6.07) is 4.05. The molecule has 82 valence electrons. The number of hydrogen-bond donors (Lipinski definition) is 1. The molecule has 1 heterocycles. The smallest absolute Gasteiger partial charge is 0.128 e. The van der Waals surface area contributed by atoms with Gasteiger partial charge in [0.25, 0.3) is 0 Å². The van der Waals surface area contributed by atoms with Crippen molar-refractivity contribution >= 4 is 5.82 Å². The predicted molar refractivity (Wildman–Crippen MR) is 62.7 cm³/mol. The summed E-state index contributed by atoms with van der Waals surface area (Å²) in [5.41, 5.74) is 6.76. The van der Waals surface area contributed by atoms with E-state index in [9.17, 15) is 0 Å². The maximum atomic E-state index is 5.61. The Hall–Kier alpha value is -1.09. The molecule has 1 saturated carbocycles. The van der Waals surface area contributed by atoms with Crippen molar-refractivity contribution in [3.8, 4) is 0 Å². The van der Waals surface area contributed by atoms with E-state index in [1.54, 1.807) is 0 Å². The van der Waals surface area contributed by atoms with Gasteiger partial charge in [0.05, 0.1) is 0 Å². The molecule has 0 aliphatic heterocycles. The highest BCUT2D eigenvalue weighted by Gasteiger charge is 2.33. The quantitative estimate of drug-likeness (QED) is 0.812. The fourth-order valence-electron chi connectivity index (χ4n) is 1.90. The molecule has 2 N–H and O–H groups in total. The Kier molecular flexibility index (Phi) is 2.91. The summed E-state index contributed by atoms with van der Waals surface area (Å²) >= 11 is 0. The molecular formula is C12H19N3. The van der Waals surface area contributed by atoms with Crippen LogP contribution in [0.1, 0.15) is 18.9 Å². The highest BCUT2D eigenvalue weighted by Crippen LogP contribution is 2.38. The summed E-state index contributed by atoms with van der Waals surface area (Å²) in [5.74, 6) is 2.79. The van der Waals surface area contributed by atoms with Gasteiger partial charge in [0.1, 0.15) is 5.82 Å². The number of rotatable bonds is 4. The number of hydrogen-bond acceptors (Lipinski definition) is 3. The molecule has 1 fully saturated rings. The molecule has 15 heavy (non-hydrogen) atoms. The van der Waals surface area contributed by atoms with E-state index in [0.717, 1.165) is 29.8 Å². The van der Waals surface area contributed by atoms with Gasteiger partial charge < -0.3 is 10.6 Å². The summed E-state index contributed by atoms with van der Waals surface area (Å²) in [7, 11) is 2.10. The van der Waals surface area contributed by atoms with Crippen LogP contribution < -0.4 is 10.6 Å². The Balaban J connectivity index is 2.00. The minimum atomic E-state index is 0.586. The van der Waals surface area contributed by atoms with Gasteiger partial charge in [-0.05, 0) is 36.0 Å². The highest BCUT2D eigenvalue weighted by atomic mass is 15.2. The Morgan fingerprint density at radius 2 is 2.33 bits per heavy atom. The summed E-state index contributed by atoms with van der Waals surface area (Å²) in [4.78, 5) is 6.59. The van der Waals surface area contributed by atoms with Crippen LogP contribution in [0.4, 0.5) is 5.82 Å². The minimum absolute atomic E-state index is 0.586. The summed E-state index contributed by atoms with van der Waals surface area (Å²) < 4.78 is 0. The number of anilines is 1. The zero-order valence-corrected chi connectivity index (χ0v) is 9.48. The molecule has 1 aromatic rings. The molecule has 3 nitrogen and oxygen atoms in total. The lowest BCUT2D eigenvalue weighted by Crippen LogP contribution is -2.21. The molecule has 1 aliphatic rings. The molecule has 0 aromatic carbocycles. The zero-order chi connectivity index (χ0) is 10.8. The number of nitrogens with zero attached hydrogens (tertiary/aromatic N) is 2. The van der Waals surface area contributed by atoms with E-state index in [-0.39, 0.29) is 0 Å². The van der Waals surface area contributed by atoms with Crippen LogP contribution in [0, 0.1) is 11.8 Å². The average Bonchev–Trinajstić information content (AvgIpc) is 2.94. The third-order valence-electron chi connectivity index (χ3n) is 3.22. The molecule has 1 aliphatic carbocycles. The van der Waals surface area contributed by atoms with Gasteiger partial charge in [-0.2, -0.15) is 0 Å². The van der Waals surface area contributed by atoms with Crippen LogP contribution in [0.15, 0.2) is 18.3 Å². The molecule has 0 saturated heterocycles. The predicted octanol–water partition coefficient (Wildman–Crippen LogP) is 1.63. The van der Waals surface area contributed by atoms with Crippen LogP contribution in [-0.2, 0) is 6.54 Å². The maximum Gasteiger partial charge on any atom is 0.128 e. The molecule has 3 heteroatoms. The van der Waals surface area contributed by atoms with E-state index in [2.05, 4.69) is 29.9 Å². The van der Waals surface area contributed by atoms with Crippen molar-refractivity contribution in [3.63, 3.8) is 0 Å². The monoisotopic (exact) mass is 205 g/mol. The highest BCUT2D eigenvalue weighted by molar-refractivity contribution is 5.40. The second-order valence-electron chi connectivity index (χ2n) is 4.58. The molecule has 2 atom stereocenters. The number of pyridine rings is 1. The Morgan fingerprint density at radius 1 is 1.60 bits per heavy atom. The van der Waals surface area contributed by atoms with Gasteiger partial charge in [0.2, 0.25) is 0 Å². The first-order valence-electron chi connectivity index (χ1n) is 5.57. The van der Waals surface area contributed by atoms with Crippen LogP contribution in [0.25, 0.3) is 0 Å². The van der Waals surface area contributed by atoms with E-state index < -0.39 is 0 Å². The van der Waals surface area contributed by atoms with Gasteiger partial charge in [-0.15, -0.1) is 0 Å². The van der Waals surface area contributed by atoms with Crippen LogP contribution in [0.3, 0.4) is 0 Å². The SMILES string of the molecule is CC1CC1CN(C)c1cc(CN)ccn1. The molecule has 0 spiro atoms. The van der Waals surface area contributed by atoms with Crippen LogP contribution in [0.2, 0.25) is 0 Å². The first kappa shape index (κ1) is 10.4. The lowest BCUT2D eigenvalue weighted by Gasteiger charge is -2.18. The number of nitrogens with two attached hydrogens (primary N) is 1. The second-order valence-corrected chi connectivity index (χ2v) is 4.58. The van der Waals surface area contributed by atoms with Crippen molar-refractivity contribution in [2.45, 2.75) is 19.9 Å².